The third-order valence-electron chi connectivity index (χ3n) is 4.22. The number of carbonyl (C=O) groups excluding carboxylic acids is 2. The second-order valence-electron chi connectivity index (χ2n) is 7.14. The first kappa shape index (κ1) is 21.6. The van der Waals surface area contributed by atoms with Gasteiger partial charge in [0.1, 0.15) is 0 Å². The average Bonchev–Trinajstić information content (AvgIpc) is 2.67. The first-order chi connectivity index (χ1) is 13.5. The number of hydrogen-bond acceptors (Lipinski definition) is 4. The molecular formula is C23H30N2O3. The summed E-state index contributed by atoms with van der Waals surface area (Å²) < 4.78 is 5.04. The van der Waals surface area contributed by atoms with Gasteiger partial charge in [-0.25, -0.2) is 0 Å². The summed E-state index contributed by atoms with van der Waals surface area (Å²) >= 11 is 0. The molecule has 0 bridgehead atoms. The third kappa shape index (κ3) is 7.16. The molecule has 5 heteroatoms. The zero-order chi connectivity index (χ0) is 20.4. The van der Waals surface area contributed by atoms with Gasteiger partial charge in [-0.15, -0.1) is 0 Å². The Morgan fingerprint density at radius 3 is 2.39 bits per heavy atom. The molecule has 150 valence electrons. The van der Waals surface area contributed by atoms with Crippen molar-refractivity contribution in [3.63, 3.8) is 0 Å². The lowest BCUT2D eigenvalue weighted by molar-refractivity contribution is -0.144. The SMILES string of the molecule is CCOC(=O)CN(CCC(=O)Nc1ccccc1-c1ccccc1)CC(C)C. The summed E-state index contributed by atoms with van der Waals surface area (Å²) in [6.45, 7) is 7.80. The van der Waals surface area contributed by atoms with Crippen molar-refractivity contribution in [3.05, 3.63) is 54.6 Å². The standard InChI is InChI=1S/C23H30N2O3/c1-4-28-23(27)17-25(16-18(2)3)15-14-22(26)24-21-13-9-8-12-20(21)19-10-6-5-7-11-19/h5-13,18H,4,14-17H2,1-3H3,(H,24,26). The van der Waals surface area contributed by atoms with Crippen LogP contribution < -0.4 is 5.32 Å². The highest BCUT2D eigenvalue weighted by Crippen LogP contribution is 2.27. The number of nitrogens with zero attached hydrogens (tertiary/aromatic N) is 1. The molecule has 0 fully saturated rings. The smallest absolute Gasteiger partial charge is 0.320 e. The van der Waals surface area contributed by atoms with Crippen LogP contribution in [0.25, 0.3) is 11.1 Å². The van der Waals surface area contributed by atoms with Gasteiger partial charge in [-0.05, 0) is 24.5 Å². The Labute approximate surface area is 167 Å². The molecule has 5 nitrogen and oxygen atoms in total. The summed E-state index contributed by atoms with van der Waals surface area (Å²) in [5.41, 5.74) is 2.84. The summed E-state index contributed by atoms with van der Waals surface area (Å²) in [7, 11) is 0. The highest BCUT2D eigenvalue weighted by Gasteiger charge is 2.15. The van der Waals surface area contributed by atoms with Gasteiger partial charge in [0.2, 0.25) is 5.91 Å². The topological polar surface area (TPSA) is 58.6 Å². The first-order valence-corrected chi connectivity index (χ1v) is 9.81. The van der Waals surface area contributed by atoms with Gasteiger partial charge in [0, 0.05) is 30.8 Å². The molecule has 0 aliphatic rings. The molecule has 0 atom stereocenters. The lowest BCUT2D eigenvalue weighted by Crippen LogP contribution is -2.36. The Morgan fingerprint density at radius 2 is 1.71 bits per heavy atom. The van der Waals surface area contributed by atoms with E-state index in [4.69, 9.17) is 4.74 Å². The van der Waals surface area contributed by atoms with Crippen molar-refractivity contribution in [1.29, 1.82) is 0 Å². The predicted octanol–water partition coefficient (Wildman–Crippen LogP) is 4.20. The largest absolute Gasteiger partial charge is 0.465 e. The molecule has 0 saturated carbocycles. The van der Waals surface area contributed by atoms with E-state index >= 15 is 0 Å². The number of anilines is 1. The zero-order valence-corrected chi connectivity index (χ0v) is 17.0. The Kier molecular flexibility index (Phi) is 8.69. The van der Waals surface area contributed by atoms with Crippen LogP contribution in [0.15, 0.2) is 54.6 Å². The van der Waals surface area contributed by atoms with Crippen LogP contribution in [0.2, 0.25) is 0 Å². The third-order valence-corrected chi connectivity index (χ3v) is 4.22. The molecule has 1 N–H and O–H groups in total. The summed E-state index contributed by atoms with van der Waals surface area (Å²) in [5.74, 6) is 0.0790. The minimum atomic E-state index is -0.252. The molecule has 2 aromatic carbocycles. The summed E-state index contributed by atoms with van der Waals surface area (Å²) in [6, 6.07) is 17.7. The molecule has 0 radical (unpaired) electrons. The first-order valence-electron chi connectivity index (χ1n) is 9.81. The van der Waals surface area contributed by atoms with E-state index in [1.807, 2.05) is 59.5 Å². The van der Waals surface area contributed by atoms with Gasteiger partial charge < -0.3 is 10.1 Å². The molecular weight excluding hydrogens is 352 g/mol. The second kappa shape index (κ2) is 11.2. The van der Waals surface area contributed by atoms with Gasteiger partial charge in [0.25, 0.3) is 0 Å². The van der Waals surface area contributed by atoms with E-state index < -0.39 is 0 Å². The number of ether oxygens (including phenoxy) is 1. The molecule has 0 spiro atoms. The molecule has 0 aliphatic heterocycles. The lowest BCUT2D eigenvalue weighted by Gasteiger charge is -2.23. The van der Waals surface area contributed by atoms with Crippen LogP contribution in [0.4, 0.5) is 5.69 Å². The second-order valence-corrected chi connectivity index (χ2v) is 7.14. The number of carbonyl (C=O) groups is 2. The molecule has 0 aliphatic carbocycles. The fraction of sp³-hybridized carbons (Fsp3) is 0.391. The van der Waals surface area contributed by atoms with Crippen LogP contribution in [-0.4, -0.2) is 43.0 Å². The minimum Gasteiger partial charge on any atom is -0.465 e. The van der Waals surface area contributed by atoms with Crippen molar-refractivity contribution in [2.75, 3.05) is 31.6 Å². The van der Waals surface area contributed by atoms with Crippen LogP contribution >= 0.6 is 0 Å². The van der Waals surface area contributed by atoms with Crippen molar-refractivity contribution in [3.8, 4) is 11.1 Å². The van der Waals surface area contributed by atoms with Gasteiger partial charge in [-0.1, -0.05) is 62.4 Å². The van der Waals surface area contributed by atoms with Crippen LogP contribution in [-0.2, 0) is 14.3 Å². The maximum Gasteiger partial charge on any atom is 0.320 e. The fourth-order valence-electron chi connectivity index (χ4n) is 3.07. The Morgan fingerprint density at radius 1 is 1.04 bits per heavy atom. The highest BCUT2D eigenvalue weighted by molar-refractivity contribution is 5.95. The molecule has 0 unspecified atom stereocenters. The van der Waals surface area contributed by atoms with Crippen molar-refractivity contribution >= 4 is 17.6 Å². The molecule has 0 aromatic heterocycles. The Balaban J connectivity index is 1.98. The number of nitrogens with one attached hydrogen (secondary N) is 1. The van der Waals surface area contributed by atoms with Crippen LogP contribution in [0, 0.1) is 5.92 Å². The van der Waals surface area contributed by atoms with Crippen molar-refractivity contribution in [2.24, 2.45) is 5.92 Å². The van der Waals surface area contributed by atoms with Gasteiger partial charge in [-0.2, -0.15) is 0 Å². The van der Waals surface area contributed by atoms with Crippen LogP contribution in [0.3, 0.4) is 0 Å². The number of amides is 1. The zero-order valence-electron chi connectivity index (χ0n) is 17.0. The number of hydrogen-bond donors (Lipinski definition) is 1. The van der Waals surface area contributed by atoms with E-state index in [1.165, 1.54) is 0 Å². The molecule has 2 aromatic rings. The number of benzene rings is 2. The summed E-state index contributed by atoms with van der Waals surface area (Å²) in [4.78, 5) is 26.3. The summed E-state index contributed by atoms with van der Waals surface area (Å²) in [5, 5.41) is 3.01. The minimum absolute atomic E-state index is 0.0685. The van der Waals surface area contributed by atoms with Crippen molar-refractivity contribution in [2.45, 2.75) is 27.2 Å². The van der Waals surface area contributed by atoms with Gasteiger partial charge >= 0.3 is 5.97 Å². The lowest BCUT2D eigenvalue weighted by atomic mass is 10.0. The molecule has 0 saturated heterocycles. The van der Waals surface area contributed by atoms with Crippen molar-refractivity contribution < 1.29 is 14.3 Å². The van der Waals surface area contributed by atoms with Gasteiger partial charge in [-0.3, -0.25) is 14.5 Å². The van der Waals surface area contributed by atoms with E-state index in [9.17, 15) is 9.59 Å². The predicted molar refractivity (Wildman–Crippen MR) is 113 cm³/mol. The van der Waals surface area contributed by atoms with Crippen LogP contribution in [0.1, 0.15) is 27.2 Å². The van der Waals surface area contributed by atoms with Crippen LogP contribution in [0.5, 0.6) is 0 Å². The van der Waals surface area contributed by atoms with Gasteiger partial charge in [0.05, 0.1) is 13.2 Å². The highest BCUT2D eigenvalue weighted by atomic mass is 16.5. The Hall–Kier alpha value is -2.66. The average molecular weight is 383 g/mol. The maximum absolute atomic E-state index is 12.5. The van der Waals surface area contributed by atoms with E-state index in [2.05, 4.69) is 19.2 Å². The maximum atomic E-state index is 12.5. The number of esters is 1. The number of rotatable bonds is 10. The molecule has 2 rings (SSSR count). The van der Waals surface area contributed by atoms with E-state index in [0.717, 1.165) is 23.4 Å². The molecule has 28 heavy (non-hydrogen) atoms. The molecule has 1 amide bonds. The van der Waals surface area contributed by atoms with Crippen molar-refractivity contribution in [1.82, 2.24) is 4.90 Å². The Bertz CT molecular complexity index is 759. The van der Waals surface area contributed by atoms with E-state index in [-0.39, 0.29) is 18.4 Å². The van der Waals surface area contributed by atoms with Gasteiger partial charge in [0.15, 0.2) is 0 Å². The van der Waals surface area contributed by atoms with E-state index in [1.54, 1.807) is 6.92 Å². The molecule has 0 heterocycles. The number of para-hydroxylation sites is 1. The monoisotopic (exact) mass is 382 g/mol. The summed E-state index contributed by atoms with van der Waals surface area (Å²) in [6.07, 6.45) is 0.315. The quantitative estimate of drug-likeness (QED) is 0.626. The normalized spacial score (nSPS) is 10.9. The fourth-order valence-corrected chi connectivity index (χ4v) is 3.07. The van der Waals surface area contributed by atoms with E-state index in [0.29, 0.717) is 25.5 Å².